The van der Waals surface area contributed by atoms with Gasteiger partial charge in [-0.15, -0.1) is 0 Å². The summed E-state index contributed by atoms with van der Waals surface area (Å²) < 4.78 is 0. The van der Waals surface area contributed by atoms with E-state index in [1.54, 1.807) is 24.3 Å². The van der Waals surface area contributed by atoms with E-state index in [1.807, 2.05) is 48.2 Å². The van der Waals surface area contributed by atoms with E-state index in [1.165, 1.54) is 0 Å². The van der Waals surface area contributed by atoms with Crippen molar-refractivity contribution in [1.29, 1.82) is 0 Å². The highest BCUT2D eigenvalue weighted by Crippen LogP contribution is 2.33. The lowest BCUT2D eigenvalue weighted by atomic mass is 10.0. The van der Waals surface area contributed by atoms with Crippen molar-refractivity contribution >= 4 is 47.9 Å². The lowest BCUT2D eigenvalue weighted by Gasteiger charge is -2.21. The van der Waals surface area contributed by atoms with Crippen LogP contribution in [-0.4, -0.2) is 71.8 Å². The van der Waals surface area contributed by atoms with Gasteiger partial charge in [0.25, 0.3) is 5.91 Å². The van der Waals surface area contributed by atoms with Crippen LogP contribution >= 0.6 is 11.8 Å². The first kappa shape index (κ1) is 33.8. The molecule has 45 heavy (non-hydrogen) atoms. The van der Waals surface area contributed by atoms with Crippen molar-refractivity contribution in [3.8, 4) is 0 Å². The highest BCUT2D eigenvalue weighted by atomic mass is 32.2. The van der Waals surface area contributed by atoms with Gasteiger partial charge >= 0.3 is 6.03 Å². The summed E-state index contributed by atoms with van der Waals surface area (Å²) in [6.07, 6.45) is 7.50. The van der Waals surface area contributed by atoms with Crippen LogP contribution in [0.5, 0.6) is 0 Å². The predicted octanol–water partition coefficient (Wildman–Crippen LogP) is 3.37. The van der Waals surface area contributed by atoms with Crippen molar-refractivity contribution in [2.45, 2.75) is 80.8 Å². The molecule has 0 spiro atoms. The number of thioether (sulfide) groups is 1. The molecular formula is C34H43N5O5S. The molecule has 5 amide bonds. The number of urea groups is 1. The number of hydrogen-bond donors (Lipinski definition) is 5. The molecule has 2 heterocycles. The summed E-state index contributed by atoms with van der Waals surface area (Å²) in [5.41, 5.74) is 2.08. The Hall–Kier alpha value is -4.12. The van der Waals surface area contributed by atoms with Gasteiger partial charge in [-0.05, 0) is 55.4 Å². The average molecular weight is 634 g/mol. The van der Waals surface area contributed by atoms with Gasteiger partial charge in [-0.3, -0.25) is 14.4 Å². The number of fused-ring (bicyclic) bond motifs is 1. The van der Waals surface area contributed by atoms with Crippen LogP contribution in [0.1, 0.15) is 66.4 Å². The fourth-order valence-electron chi connectivity index (χ4n) is 5.64. The van der Waals surface area contributed by atoms with Crippen LogP contribution in [0.25, 0.3) is 6.08 Å². The van der Waals surface area contributed by atoms with Gasteiger partial charge in [0, 0.05) is 36.0 Å². The molecule has 2 aliphatic heterocycles. The molecule has 2 aliphatic rings. The molecule has 0 saturated carbocycles. The maximum Gasteiger partial charge on any atom is 0.315 e. The van der Waals surface area contributed by atoms with E-state index in [9.17, 15) is 24.0 Å². The summed E-state index contributed by atoms with van der Waals surface area (Å²) in [5.74, 6) is 0.106. The molecule has 2 saturated heterocycles. The number of carbonyl (C=O) groups is 5. The van der Waals surface area contributed by atoms with E-state index in [-0.39, 0.29) is 36.3 Å². The molecule has 0 unspecified atom stereocenters. The Kier molecular flexibility index (Phi) is 13.0. The van der Waals surface area contributed by atoms with Crippen LogP contribution in [0.15, 0.2) is 61.2 Å². The molecule has 0 aliphatic carbocycles. The summed E-state index contributed by atoms with van der Waals surface area (Å²) in [4.78, 5) is 61.9. The molecule has 0 aromatic heterocycles. The molecule has 2 aromatic rings. The predicted molar refractivity (Wildman–Crippen MR) is 177 cm³/mol. The molecular weight excluding hydrogens is 590 g/mol. The Morgan fingerprint density at radius 1 is 1.00 bits per heavy atom. The molecule has 0 bridgehead atoms. The Balaban J connectivity index is 1.16. The third-order valence-electron chi connectivity index (χ3n) is 8.13. The number of hydrogen-bond acceptors (Lipinski definition) is 6. The fourth-order valence-corrected chi connectivity index (χ4v) is 7.19. The van der Waals surface area contributed by atoms with Gasteiger partial charge in [-0.2, -0.15) is 11.8 Å². The van der Waals surface area contributed by atoms with Crippen molar-refractivity contribution in [2.75, 3.05) is 12.3 Å². The standard InChI is InChI=1S/C34H43N5O5S/c1-2-23-13-10-14-25(19-23)32(42)37-27(20-24-11-4-3-5-12-24)33(43)36-26(21-40)15-8-9-18-35-30(41)17-7-6-16-29-31-28(22-45-29)38-34(44)39-31/h2-5,10-14,19,21,26-29,31H,1,6-9,15-18,20,22H2,(H,35,41)(H,36,43)(H,37,42)(H2,38,39,44)/t26-,27-,28-,29-,31-/m0/s1. The van der Waals surface area contributed by atoms with E-state index in [0.29, 0.717) is 49.3 Å². The topological polar surface area (TPSA) is 146 Å². The largest absolute Gasteiger partial charge is 0.356 e. The second-order valence-corrected chi connectivity index (χ2v) is 12.8. The van der Waals surface area contributed by atoms with E-state index in [2.05, 4.69) is 33.2 Å². The highest BCUT2D eigenvalue weighted by Gasteiger charge is 2.42. The fraction of sp³-hybridized carbons (Fsp3) is 0.441. The van der Waals surface area contributed by atoms with Crippen molar-refractivity contribution in [2.24, 2.45) is 0 Å². The highest BCUT2D eigenvalue weighted by molar-refractivity contribution is 8.00. The summed E-state index contributed by atoms with van der Waals surface area (Å²) >= 11 is 1.88. The van der Waals surface area contributed by atoms with Crippen molar-refractivity contribution in [3.05, 3.63) is 77.9 Å². The average Bonchev–Trinajstić information content (AvgIpc) is 3.61. The Labute approximate surface area is 268 Å². The van der Waals surface area contributed by atoms with Gasteiger partial charge < -0.3 is 31.4 Å². The number of aldehydes is 1. The lowest BCUT2D eigenvalue weighted by Crippen LogP contribution is -2.51. The zero-order valence-electron chi connectivity index (χ0n) is 25.5. The zero-order chi connectivity index (χ0) is 32.0. The van der Waals surface area contributed by atoms with Crippen LogP contribution in [0.2, 0.25) is 0 Å². The number of rotatable bonds is 18. The number of carbonyl (C=O) groups excluding carboxylic acids is 5. The third kappa shape index (κ3) is 10.5. The minimum Gasteiger partial charge on any atom is -0.356 e. The molecule has 0 radical (unpaired) electrons. The van der Waals surface area contributed by atoms with Crippen LogP contribution < -0.4 is 26.6 Å². The first-order valence-corrected chi connectivity index (χ1v) is 16.7. The molecule has 5 N–H and O–H groups in total. The van der Waals surface area contributed by atoms with E-state index in [0.717, 1.165) is 36.1 Å². The molecule has 10 nitrogen and oxygen atoms in total. The van der Waals surface area contributed by atoms with E-state index < -0.39 is 18.0 Å². The Bertz CT molecular complexity index is 1340. The van der Waals surface area contributed by atoms with Crippen LogP contribution in [0.3, 0.4) is 0 Å². The second-order valence-electron chi connectivity index (χ2n) is 11.5. The van der Waals surface area contributed by atoms with Gasteiger partial charge in [0.2, 0.25) is 11.8 Å². The van der Waals surface area contributed by atoms with Crippen LogP contribution in [0, 0.1) is 0 Å². The molecule has 240 valence electrons. The smallest absolute Gasteiger partial charge is 0.315 e. The van der Waals surface area contributed by atoms with Gasteiger partial charge in [-0.1, -0.05) is 61.5 Å². The number of unbranched alkanes of at least 4 members (excludes halogenated alkanes) is 2. The first-order valence-electron chi connectivity index (χ1n) is 15.6. The minimum absolute atomic E-state index is 0.00106. The molecule has 2 aromatic carbocycles. The maximum absolute atomic E-state index is 13.3. The van der Waals surface area contributed by atoms with Crippen LogP contribution in [0.4, 0.5) is 4.79 Å². The van der Waals surface area contributed by atoms with E-state index >= 15 is 0 Å². The SMILES string of the molecule is C=Cc1cccc(C(=O)N[C@@H](Cc2ccccc2)C(=O)N[C@H](C=O)CCCCNC(=O)CCCC[C@@H]2SC[C@@H]3NC(=O)N[C@@H]32)c1. The minimum atomic E-state index is -0.878. The maximum atomic E-state index is 13.3. The molecule has 2 fully saturated rings. The number of amides is 5. The number of benzene rings is 2. The molecule has 5 atom stereocenters. The summed E-state index contributed by atoms with van der Waals surface area (Å²) in [6.45, 7) is 4.23. The zero-order valence-corrected chi connectivity index (χ0v) is 26.3. The van der Waals surface area contributed by atoms with Crippen molar-refractivity contribution < 1.29 is 24.0 Å². The van der Waals surface area contributed by atoms with Gasteiger partial charge in [0.05, 0.1) is 18.1 Å². The number of nitrogens with one attached hydrogen (secondary N) is 5. The van der Waals surface area contributed by atoms with Crippen molar-refractivity contribution in [1.82, 2.24) is 26.6 Å². The van der Waals surface area contributed by atoms with E-state index in [4.69, 9.17) is 0 Å². The summed E-state index contributed by atoms with van der Waals surface area (Å²) in [7, 11) is 0. The lowest BCUT2D eigenvalue weighted by molar-refractivity contribution is -0.125. The summed E-state index contributed by atoms with van der Waals surface area (Å²) in [6, 6.07) is 15.1. The molecule has 11 heteroatoms. The monoisotopic (exact) mass is 633 g/mol. The van der Waals surface area contributed by atoms with Gasteiger partial charge in [0.1, 0.15) is 12.3 Å². The third-order valence-corrected chi connectivity index (χ3v) is 9.63. The first-order chi connectivity index (χ1) is 21.9. The Morgan fingerprint density at radius 2 is 1.82 bits per heavy atom. The second kappa shape index (κ2) is 17.4. The van der Waals surface area contributed by atoms with Gasteiger partial charge in [-0.25, -0.2) is 4.79 Å². The van der Waals surface area contributed by atoms with Crippen molar-refractivity contribution in [3.63, 3.8) is 0 Å². The van der Waals surface area contributed by atoms with Crippen LogP contribution in [-0.2, 0) is 20.8 Å². The quantitative estimate of drug-likeness (QED) is 0.0967. The van der Waals surface area contributed by atoms with Gasteiger partial charge in [0.15, 0.2) is 0 Å². The Morgan fingerprint density at radius 3 is 2.60 bits per heavy atom. The summed E-state index contributed by atoms with van der Waals surface area (Å²) in [5, 5.41) is 14.9. The molecule has 4 rings (SSSR count). The normalized spacial score (nSPS) is 19.7.